The van der Waals surface area contributed by atoms with Crippen LogP contribution in [0.5, 0.6) is 0 Å². The van der Waals surface area contributed by atoms with Crippen molar-refractivity contribution in [3.8, 4) is 0 Å². The Bertz CT molecular complexity index is 377. The van der Waals surface area contributed by atoms with Gasteiger partial charge in [0.1, 0.15) is 0 Å². The standard InChI is InChI=1S/C11H22N2O4S/c1-8(11(14)17-2)18(15,16)13-10(7-12)9-5-3-4-6-9/h8-10,13H,3-7,12H2,1-2H3. The fraction of sp³-hybridized carbons (Fsp3) is 0.909. The van der Waals surface area contributed by atoms with E-state index < -0.39 is 21.2 Å². The average Bonchev–Trinajstić information content (AvgIpc) is 2.87. The van der Waals surface area contributed by atoms with Gasteiger partial charge in [-0.1, -0.05) is 12.8 Å². The lowest BCUT2D eigenvalue weighted by atomic mass is 9.99. The van der Waals surface area contributed by atoms with E-state index in [0.717, 1.165) is 25.7 Å². The van der Waals surface area contributed by atoms with Crippen molar-refractivity contribution in [2.45, 2.75) is 43.9 Å². The number of carbonyl (C=O) groups excluding carboxylic acids is 1. The topological polar surface area (TPSA) is 98.5 Å². The molecule has 1 fully saturated rings. The van der Waals surface area contributed by atoms with Gasteiger partial charge in [-0.05, 0) is 25.7 Å². The highest BCUT2D eigenvalue weighted by molar-refractivity contribution is 7.90. The minimum absolute atomic E-state index is 0.248. The molecule has 2 unspecified atom stereocenters. The van der Waals surface area contributed by atoms with Crippen molar-refractivity contribution >= 4 is 16.0 Å². The fourth-order valence-corrected chi connectivity index (χ4v) is 3.57. The maximum atomic E-state index is 12.0. The second-order valence-electron chi connectivity index (χ2n) is 4.71. The maximum Gasteiger partial charge on any atom is 0.325 e. The Morgan fingerprint density at radius 2 is 2.00 bits per heavy atom. The molecule has 106 valence electrons. The van der Waals surface area contributed by atoms with Gasteiger partial charge >= 0.3 is 5.97 Å². The van der Waals surface area contributed by atoms with Crippen LogP contribution < -0.4 is 10.5 Å². The van der Waals surface area contributed by atoms with E-state index in [9.17, 15) is 13.2 Å². The third-order valence-corrected chi connectivity index (χ3v) is 5.29. The zero-order valence-electron chi connectivity index (χ0n) is 10.9. The predicted molar refractivity (Wildman–Crippen MR) is 68.3 cm³/mol. The molecule has 0 amide bonds. The lowest BCUT2D eigenvalue weighted by Gasteiger charge is -2.24. The number of rotatable bonds is 6. The van der Waals surface area contributed by atoms with Gasteiger partial charge in [0, 0.05) is 12.6 Å². The maximum absolute atomic E-state index is 12.0. The molecular formula is C11H22N2O4S. The summed E-state index contributed by atoms with van der Waals surface area (Å²) in [6, 6.07) is -0.287. The fourth-order valence-electron chi connectivity index (χ4n) is 2.30. The highest BCUT2D eigenvalue weighted by Crippen LogP contribution is 2.27. The number of ether oxygens (including phenoxy) is 1. The zero-order chi connectivity index (χ0) is 13.8. The Morgan fingerprint density at radius 3 is 2.44 bits per heavy atom. The van der Waals surface area contributed by atoms with E-state index in [2.05, 4.69) is 9.46 Å². The zero-order valence-corrected chi connectivity index (χ0v) is 11.7. The monoisotopic (exact) mass is 278 g/mol. The van der Waals surface area contributed by atoms with Crippen LogP contribution in [0.3, 0.4) is 0 Å². The summed E-state index contributed by atoms with van der Waals surface area (Å²) in [7, 11) is -2.55. The number of esters is 1. The number of nitrogens with one attached hydrogen (secondary N) is 1. The first-order valence-electron chi connectivity index (χ1n) is 6.21. The van der Waals surface area contributed by atoms with Crippen LogP contribution in [-0.4, -0.2) is 39.3 Å². The minimum Gasteiger partial charge on any atom is -0.468 e. The molecule has 1 aliphatic rings. The molecule has 1 rings (SSSR count). The lowest BCUT2D eigenvalue weighted by Crippen LogP contribution is -2.49. The van der Waals surface area contributed by atoms with Crippen LogP contribution in [0, 0.1) is 5.92 Å². The SMILES string of the molecule is COC(=O)C(C)S(=O)(=O)NC(CN)C1CCCC1. The summed E-state index contributed by atoms with van der Waals surface area (Å²) < 4.78 is 31.0. The van der Waals surface area contributed by atoms with E-state index in [4.69, 9.17) is 5.73 Å². The van der Waals surface area contributed by atoms with Gasteiger partial charge < -0.3 is 10.5 Å². The van der Waals surface area contributed by atoms with Gasteiger partial charge in [0.15, 0.2) is 5.25 Å². The van der Waals surface area contributed by atoms with Crippen LogP contribution in [0.15, 0.2) is 0 Å². The van der Waals surface area contributed by atoms with Crippen LogP contribution >= 0.6 is 0 Å². The number of methoxy groups -OCH3 is 1. The Labute approximate surface area is 108 Å². The van der Waals surface area contributed by atoms with Gasteiger partial charge in [0.05, 0.1) is 7.11 Å². The molecule has 0 heterocycles. The van der Waals surface area contributed by atoms with Crippen LogP contribution in [0.4, 0.5) is 0 Å². The van der Waals surface area contributed by atoms with E-state index in [1.54, 1.807) is 0 Å². The second-order valence-corrected chi connectivity index (χ2v) is 6.75. The lowest BCUT2D eigenvalue weighted by molar-refractivity contribution is -0.139. The summed E-state index contributed by atoms with van der Waals surface area (Å²) in [5.41, 5.74) is 5.63. The number of hydrogen-bond donors (Lipinski definition) is 2. The van der Waals surface area contributed by atoms with Crippen molar-refractivity contribution in [3.63, 3.8) is 0 Å². The van der Waals surface area contributed by atoms with E-state index >= 15 is 0 Å². The first-order valence-corrected chi connectivity index (χ1v) is 7.76. The van der Waals surface area contributed by atoms with Gasteiger partial charge in [0.25, 0.3) is 0 Å². The molecule has 0 aromatic rings. The molecule has 1 saturated carbocycles. The quantitative estimate of drug-likeness (QED) is 0.666. The normalized spacial score (nSPS) is 20.6. The largest absolute Gasteiger partial charge is 0.468 e. The number of carbonyl (C=O) groups is 1. The molecule has 0 spiro atoms. The average molecular weight is 278 g/mol. The summed E-state index contributed by atoms with van der Waals surface area (Å²) in [5.74, 6) is -0.487. The molecule has 0 radical (unpaired) electrons. The van der Waals surface area contributed by atoms with Crippen LogP contribution in [0.25, 0.3) is 0 Å². The van der Waals surface area contributed by atoms with E-state index in [1.165, 1.54) is 14.0 Å². The third kappa shape index (κ3) is 3.66. The van der Waals surface area contributed by atoms with Crippen molar-refractivity contribution in [1.82, 2.24) is 4.72 Å². The second kappa shape index (κ2) is 6.49. The van der Waals surface area contributed by atoms with Gasteiger partial charge in [-0.15, -0.1) is 0 Å². The molecular weight excluding hydrogens is 256 g/mol. The van der Waals surface area contributed by atoms with Gasteiger partial charge in [-0.2, -0.15) is 0 Å². The summed E-state index contributed by atoms with van der Waals surface area (Å²) in [6.07, 6.45) is 4.18. The van der Waals surface area contributed by atoms with Gasteiger partial charge in [0.2, 0.25) is 10.0 Å². The molecule has 0 aromatic carbocycles. The highest BCUT2D eigenvalue weighted by atomic mass is 32.2. The van der Waals surface area contributed by atoms with Crippen molar-refractivity contribution in [2.24, 2.45) is 11.7 Å². The predicted octanol–water partition coefficient (Wildman–Crippen LogP) is -0.0152. The van der Waals surface area contributed by atoms with E-state index in [-0.39, 0.29) is 18.5 Å². The van der Waals surface area contributed by atoms with Gasteiger partial charge in [-0.3, -0.25) is 4.79 Å². The molecule has 6 nitrogen and oxygen atoms in total. The van der Waals surface area contributed by atoms with E-state index in [1.807, 2.05) is 0 Å². The first-order chi connectivity index (χ1) is 8.42. The molecule has 0 saturated heterocycles. The molecule has 3 N–H and O–H groups in total. The number of sulfonamides is 1. The first kappa shape index (κ1) is 15.4. The Kier molecular flexibility index (Phi) is 5.55. The molecule has 0 bridgehead atoms. The summed E-state index contributed by atoms with van der Waals surface area (Å²) >= 11 is 0. The summed E-state index contributed by atoms with van der Waals surface area (Å²) in [5, 5.41) is -1.21. The van der Waals surface area contributed by atoms with Crippen molar-refractivity contribution in [1.29, 1.82) is 0 Å². The molecule has 2 atom stereocenters. The summed E-state index contributed by atoms with van der Waals surface area (Å²) in [6.45, 7) is 1.56. The Morgan fingerprint density at radius 1 is 1.44 bits per heavy atom. The molecule has 0 aliphatic heterocycles. The highest BCUT2D eigenvalue weighted by Gasteiger charge is 2.33. The molecule has 7 heteroatoms. The van der Waals surface area contributed by atoms with Gasteiger partial charge in [-0.25, -0.2) is 13.1 Å². The summed E-state index contributed by atoms with van der Waals surface area (Å²) in [4.78, 5) is 11.3. The third-order valence-electron chi connectivity index (χ3n) is 3.54. The van der Waals surface area contributed by atoms with Crippen LogP contribution in [0.2, 0.25) is 0 Å². The van der Waals surface area contributed by atoms with E-state index in [0.29, 0.717) is 0 Å². The minimum atomic E-state index is -3.72. The molecule has 0 aromatic heterocycles. The molecule has 18 heavy (non-hydrogen) atoms. The van der Waals surface area contributed by atoms with Crippen LogP contribution in [0.1, 0.15) is 32.6 Å². The van der Waals surface area contributed by atoms with Crippen molar-refractivity contribution in [3.05, 3.63) is 0 Å². The van der Waals surface area contributed by atoms with Crippen LogP contribution in [-0.2, 0) is 19.6 Å². The van der Waals surface area contributed by atoms with Crippen molar-refractivity contribution < 1.29 is 17.9 Å². The smallest absolute Gasteiger partial charge is 0.325 e. The number of hydrogen-bond acceptors (Lipinski definition) is 5. The Hall–Kier alpha value is -0.660. The Balaban J connectivity index is 2.70. The molecule has 1 aliphatic carbocycles. The van der Waals surface area contributed by atoms with Crippen molar-refractivity contribution in [2.75, 3.05) is 13.7 Å². The number of nitrogens with two attached hydrogens (primary N) is 1.